The molecule has 0 bridgehead atoms. The highest BCUT2D eigenvalue weighted by Crippen LogP contribution is 2.36. The van der Waals surface area contributed by atoms with Crippen LogP contribution in [0.5, 0.6) is 0 Å². The minimum absolute atomic E-state index is 0.0711. The van der Waals surface area contributed by atoms with Crippen LogP contribution in [0.3, 0.4) is 0 Å². The maximum atomic E-state index is 13.2. The molecule has 1 aromatic carbocycles. The predicted octanol–water partition coefficient (Wildman–Crippen LogP) is 1.84. The van der Waals surface area contributed by atoms with Gasteiger partial charge in [-0.05, 0) is 38.0 Å². The van der Waals surface area contributed by atoms with Gasteiger partial charge in [-0.15, -0.1) is 0 Å². The summed E-state index contributed by atoms with van der Waals surface area (Å²) >= 11 is 0. The number of ether oxygens (including phenoxy) is 2. The lowest BCUT2D eigenvalue weighted by molar-refractivity contribution is -0.156. The lowest BCUT2D eigenvalue weighted by atomic mass is 10.1. The third-order valence-corrected chi connectivity index (χ3v) is 6.79. The van der Waals surface area contributed by atoms with Gasteiger partial charge in [-0.25, -0.2) is 8.42 Å². The van der Waals surface area contributed by atoms with Gasteiger partial charge in [0.05, 0.1) is 36.4 Å². The zero-order valence-electron chi connectivity index (χ0n) is 18.2. The number of carbonyl (C=O) groups excluding carboxylic acids is 2. The second-order valence-electron chi connectivity index (χ2n) is 7.93. The largest absolute Gasteiger partial charge is 0.451 e. The molecule has 2 saturated heterocycles. The van der Waals surface area contributed by atoms with E-state index < -0.39 is 45.8 Å². The molecular formula is C20H26F3N3O6S. The van der Waals surface area contributed by atoms with Crippen molar-refractivity contribution in [3.8, 4) is 0 Å². The van der Waals surface area contributed by atoms with Crippen LogP contribution in [0.25, 0.3) is 0 Å². The lowest BCUT2D eigenvalue weighted by Crippen LogP contribution is -2.43. The van der Waals surface area contributed by atoms with E-state index in [-0.39, 0.29) is 18.7 Å². The van der Waals surface area contributed by atoms with E-state index in [4.69, 9.17) is 9.47 Å². The summed E-state index contributed by atoms with van der Waals surface area (Å²) in [5.74, 6) is -1.71. The predicted molar refractivity (Wildman–Crippen MR) is 113 cm³/mol. The van der Waals surface area contributed by atoms with Crippen LogP contribution in [0, 0.1) is 0 Å². The number of carbonyl (C=O) groups is 2. The highest BCUT2D eigenvalue weighted by atomic mass is 32.2. The molecule has 1 aromatic rings. The van der Waals surface area contributed by atoms with Crippen LogP contribution in [0.4, 0.5) is 24.5 Å². The van der Waals surface area contributed by atoms with E-state index >= 15 is 0 Å². The van der Waals surface area contributed by atoms with Crippen LogP contribution in [-0.4, -0.2) is 75.8 Å². The van der Waals surface area contributed by atoms with Gasteiger partial charge < -0.3 is 19.7 Å². The Morgan fingerprint density at radius 2 is 1.88 bits per heavy atom. The molecule has 13 heteroatoms. The molecule has 1 amide bonds. The number of hydrogen-bond donors (Lipinski definition) is 1. The number of halogens is 3. The van der Waals surface area contributed by atoms with Crippen LogP contribution < -0.4 is 10.2 Å². The lowest BCUT2D eigenvalue weighted by Gasteiger charge is -2.31. The van der Waals surface area contributed by atoms with Crippen LogP contribution in [0.2, 0.25) is 0 Å². The highest BCUT2D eigenvalue weighted by molar-refractivity contribution is 7.88. The molecule has 2 aliphatic heterocycles. The van der Waals surface area contributed by atoms with Crippen molar-refractivity contribution in [2.75, 3.05) is 49.3 Å². The van der Waals surface area contributed by atoms with Gasteiger partial charge in [-0.1, -0.05) is 0 Å². The number of esters is 1. The number of sulfonamides is 1. The van der Waals surface area contributed by atoms with Gasteiger partial charge in [0.15, 0.2) is 6.10 Å². The van der Waals surface area contributed by atoms with Gasteiger partial charge in [-0.2, -0.15) is 17.5 Å². The average Bonchev–Trinajstić information content (AvgIpc) is 3.24. The molecule has 0 aliphatic carbocycles. The Labute approximate surface area is 189 Å². The van der Waals surface area contributed by atoms with Crippen molar-refractivity contribution in [2.24, 2.45) is 0 Å². The maximum absolute atomic E-state index is 13.2. The summed E-state index contributed by atoms with van der Waals surface area (Å²) in [7, 11) is -3.63. The monoisotopic (exact) mass is 493 g/mol. The van der Waals surface area contributed by atoms with E-state index in [1.165, 1.54) is 13.0 Å². The van der Waals surface area contributed by atoms with Crippen LogP contribution in [-0.2, 0) is 35.3 Å². The highest BCUT2D eigenvalue weighted by Gasteiger charge is 2.39. The molecule has 33 heavy (non-hydrogen) atoms. The smallest absolute Gasteiger partial charge is 0.416 e. The normalized spacial score (nSPS) is 21.0. The third kappa shape index (κ3) is 6.15. The third-order valence-electron chi connectivity index (χ3n) is 5.50. The fourth-order valence-electron chi connectivity index (χ4n) is 3.81. The van der Waals surface area contributed by atoms with Crippen molar-refractivity contribution in [3.05, 3.63) is 23.8 Å². The fraction of sp³-hybridized carbons (Fsp3) is 0.600. The van der Waals surface area contributed by atoms with Crippen molar-refractivity contribution in [1.29, 1.82) is 0 Å². The van der Waals surface area contributed by atoms with Crippen molar-refractivity contribution >= 4 is 33.3 Å². The number of alkyl halides is 3. The minimum Gasteiger partial charge on any atom is -0.451 e. The number of amides is 1. The number of anilines is 2. The second-order valence-corrected chi connectivity index (χ2v) is 9.86. The maximum Gasteiger partial charge on any atom is 0.416 e. The molecule has 1 N–H and O–H groups in total. The first-order valence-electron chi connectivity index (χ1n) is 10.4. The number of hydrogen-bond acceptors (Lipinski definition) is 7. The Hall–Kier alpha value is -2.38. The summed E-state index contributed by atoms with van der Waals surface area (Å²) in [5.41, 5.74) is -0.621. The van der Waals surface area contributed by atoms with Crippen molar-refractivity contribution in [2.45, 2.75) is 38.1 Å². The van der Waals surface area contributed by atoms with Gasteiger partial charge in [0.25, 0.3) is 5.91 Å². The molecule has 184 valence electrons. The quantitative estimate of drug-likeness (QED) is 0.603. The summed E-state index contributed by atoms with van der Waals surface area (Å²) < 4.78 is 74.9. The Morgan fingerprint density at radius 3 is 2.48 bits per heavy atom. The van der Waals surface area contributed by atoms with Gasteiger partial charge in [0.1, 0.15) is 6.04 Å². The fourth-order valence-corrected chi connectivity index (χ4v) is 4.92. The summed E-state index contributed by atoms with van der Waals surface area (Å²) in [6.07, 6.45) is -4.25. The summed E-state index contributed by atoms with van der Waals surface area (Å²) in [4.78, 5) is 27.0. The van der Waals surface area contributed by atoms with Gasteiger partial charge in [0, 0.05) is 19.6 Å². The number of nitrogens with one attached hydrogen (secondary N) is 1. The zero-order valence-corrected chi connectivity index (χ0v) is 19.0. The first-order valence-corrected chi connectivity index (χ1v) is 12.2. The molecule has 0 radical (unpaired) electrons. The molecular weight excluding hydrogens is 467 g/mol. The van der Waals surface area contributed by atoms with E-state index in [0.717, 1.165) is 22.7 Å². The Kier molecular flexibility index (Phi) is 7.54. The Bertz CT molecular complexity index is 995. The van der Waals surface area contributed by atoms with E-state index in [2.05, 4.69) is 5.32 Å². The number of rotatable bonds is 6. The summed E-state index contributed by atoms with van der Waals surface area (Å²) in [5, 5.41) is 2.43. The van der Waals surface area contributed by atoms with Crippen molar-refractivity contribution in [1.82, 2.24) is 4.31 Å². The number of benzene rings is 1. The van der Waals surface area contributed by atoms with E-state index in [0.29, 0.717) is 38.4 Å². The van der Waals surface area contributed by atoms with Gasteiger partial charge in [-0.3, -0.25) is 9.59 Å². The molecule has 0 saturated carbocycles. The van der Waals surface area contributed by atoms with Crippen LogP contribution >= 0.6 is 0 Å². The van der Waals surface area contributed by atoms with E-state index in [9.17, 15) is 31.2 Å². The molecule has 0 spiro atoms. The van der Waals surface area contributed by atoms with E-state index in [1.807, 2.05) is 0 Å². The van der Waals surface area contributed by atoms with Gasteiger partial charge in [0.2, 0.25) is 10.0 Å². The second kappa shape index (κ2) is 9.85. The molecule has 2 heterocycles. The minimum atomic E-state index is -4.61. The molecule has 9 nitrogen and oxygen atoms in total. The molecule has 2 fully saturated rings. The van der Waals surface area contributed by atoms with E-state index in [1.54, 1.807) is 4.90 Å². The van der Waals surface area contributed by atoms with Crippen molar-refractivity contribution in [3.63, 3.8) is 0 Å². The molecule has 2 aliphatic rings. The Morgan fingerprint density at radius 1 is 1.21 bits per heavy atom. The molecule has 2 unspecified atom stereocenters. The molecule has 2 atom stereocenters. The molecule has 0 aromatic heterocycles. The SMILES string of the molecule is CC(OC(=O)C1CCCN1S(C)(=O)=O)C(=O)Nc1cc(C(F)(F)F)ccc1N1CCOCC1. The standard InChI is InChI=1S/C20H26F3N3O6S/c1-13(32-19(28)17-4-3-7-26(17)33(2,29)30)18(27)24-15-12-14(20(21,22)23)5-6-16(15)25-8-10-31-11-9-25/h5-6,12-13,17H,3-4,7-11H2,1-2H3,(H,24,27). The van der Waals surface area contributed by atoms with Crippen LogP contribution in [0.1, 0.15) is 25.3 Å². The number of nitrogens with zero attached hydrogens (tertiary/aromatic N) is 2. The van der Waals surface area contributed by atoms with Gasteiger partial charge >= 0.3 is 12.1 Å². The Balaban J connectivity index is 1.75. The zero-order chi connectivity index (χ0) is 24.4. The number of morpholine rings is 1. The first kappa shape index (κ1) is 25.2. The average molecular weight is 494 g/mol. The summed E-state index contributed by atoms with van der Waals surface area (Å²) in [6, 6.07) is 2.01. The van der Waals surface area contributed by atoms with Crippen molar-refractivity contribution < 1.29 is 40.7 Å². The molecule has 3 rings (SSSR count). The topological polar surface area (TPSA) is 105 Å². The first-order chi connectivity index (χ1) is 15.4. The summed E-state index contributed by atoms with van der Waals surface area (Å²) in [6.45, 7) is 3.09. The van der Waals surface area contributed by atoms with Crippen LogP contribution in [0.15, 0.2) is 18.2 Å².